The normalized spacial score (nSPS) is 28.8. The summed E-state index contributed by atoms with van der Waals surface area (Å²) in [6, 6.07) is 12.6. The van der Waals surface area contributed by atoms with Gasteiger partial charge in [0.2, 0.25) is 0 Å². The zero-order chi connectivity index (χ0) is 18.8. The average molecular weight is 368 g/mol. The van der Waals surface area contributed by atoms with E-state index >= 15 is 0 Å². The average Bonchev–Trinajstić information content (AvgIpc) is 2.73. The molecule has 2 atom stereocenters. The number of rotatable bonds is 4. The fraction of sp³-hybridized carbons (Fsp3) is 0.522. The first-order valence-electron chi connectivity index (χ1n) is 10.3. The van der Waals surface area contributed by atoms with Crippen molar-refractivity contribution in [2.75, 3.05) is 20.2 Å². The number of benzene rings is 2. The van der Waals surface area contributed by atoms with Gasteiger partial charge in [0.05, 0.1) is 38.3 Å². The van der Waals surface area contributed by atoms with E-state index in [-0.39, 0.29) is 12.0 Å². The Labute approximate surface area is 161 Å². The SMILES string of the molecule is COc1ccc2cc(C(=O)[C@@H]3CCC[NH+](C4CCC(O)CC4)C3)ccc2c1. The van der Waals surface area contributed by atoms with Crippen LogP contribution in [0.2, 0.25) is 0 Å². The number of aliphatic hydroxyl groups excluding tert-OH is 1. The molecule has 27 heavy (non-hydrogen) atoms. The van der Waals surface area contributed by atoms with Crippen LogP contribution < -0.4 is 9.64 Å². The third-order valence-corrected chi connectivity index (χ3v) is 6.54. The van der Waals surface area contributed by atoms with Crippen molar-refractivity contribution in [2.24, 2.45) is 5.92 Å². The Morgan fingerprint density at radius 2 is 1.78 bits per heavy atom. The molecule has 144 valence electrons. The highest BCUT2D eigenvalue weighted by molar-refractivity contribution is 6.01. The number of quaternary nitrogens is 1. The molecule has 0 bridgehead atoms. The Morgan fingerprint density at radius 1 is 1.04 bits per heavy atom. The van der Waals surface area contributed by atoms with Gasteiger partial charge in [0.25, 0.3) is 0 Å². The fourth-order valence-electron chi connectivity index (χ4n) is 4.91. The number of likely N-dealkylation sites (tertiary alicyclic amines) is 1. The van der Waals surface area contributed by atoms with Crippen LogP contribution in [0.25, 0.3) is 10.8 Å². The van der Waals surface area contributed by atoms with Crippen molar-refractivity contribution in [1.29, 1.82) is 0 Å². The van der Waals surface area contributed by atoms with Crippen LogP contribution in [-0.4, -0.2) is 43.2 Å². The van der Waals surface area contributed by atoms with E-state index in [0.29, 0.717) is 11.8 Å². The molecule has 1 unspecified atom stereocenters. The summed E-state index contributed by atoms with van der Waals surface area (Å²) in [5, 5.41) is 11.9. The first-order valence-corrected chi connectivity index (χ1v) is 10.3. The molecule has 1 aliphatic carbocycles. The predicted octanol–water partition coefficient (Wildman–Crippen LogP) is 2.63. The third-order valence-electron chi connectivity index (χ3n) is 6.54. The van der Waals surface area contributed by atoms with E-state index in [1.165, 1.54) is 6.54 Å². The van der Waals surface area contributed by atoms with Gasteiger partial charge in [-0.3, -0.25) is 4.79 Å². The minimum atomic E-state index is -0.112. The van der Waals surface area contributed by atoms with Crippen LogP contribution in [0.3, 0.4) is 0 Å². The van der Waals surface area contributed by atoms with E-state index in [2.05, 4.69) is 0 Å². The molecule has 4 heteroatoms. The molecule has 2 aliphatic rings. The van der Waals surface area contributed by atoms with E-state index < -0.39 is 0 Å². The number of ketones is 1. The number of hydrogen-bond acceptors (Lipinski definition) is 3. The second kappa shape index (κ2) is 7.99. The van der Waals surface area contributed by atoms with Gasteiger partial charge in [0.1, 0.15) is 5.75 Å². The molecule has 1 saturated carbocycles. The number of hydrogen-bond donors (Lipinski definition) is 2. The molecule has 0 radical (unpaired) electrons. The summed E-state index contributed by atoms with van der Waals surface area (Å²) < 4.78 is 5.29. The highest BCUT2D eigenvalue weighted by Gasteiger charge is 2.35. The number of fused-ring (bicyclic) bond motifs is 1. The molecular weight excluding hydrogens is 338 g/mol. The van der Waals surface area contributed by atoms with E-state index in [1.54, 1.807) is 12.0 Å². The lowest BCUT2D eigenvalue weighted by Crippen LogP contribution is -3.17. The van der Waals surface area contributed by atoms with Crippen LogP contribution in [0.1, 0.15) is 48.9 Å². The first kappa shape index (κ1) is 18.5. The van der Waals surface area contributed by atoms with Gasteiger partial charge in [-0.05, 0) is 54.7 Å². The minimum absolute atomic E-state index is 0.112. The largest absolute Gasteiger partial charge is 0.497 e. The Balaban J connectivity index is 1.47. The Kier molecular flexibility index (Phi) is 5.46. The standard InChI is InChI=1S/C23H29NO3/c1-27-22-11-6-16-13-18(5-4-17(16)14-22)23(26)19-3-2-12-24(15-19)20-7-9-21(25)10-8-20/h4-6,11,13-14,19-21,25H,2-3,7-10,12,15H2,1H3/p+1/t19-,20?,21?/m1/s1. The zero-order valence-electron chi connectivity index (χ0n) is 16.1. The lowest BCUT2D eigenvalue weighted by Gasteiger charge is -2.37. The molecule has 1 heterocycles. The maximum atomic E-state index is 13.2. The fourth-order valence-corrected chi connectivity index (χ4v) is 4.91. The van der Waals surface area contributed by atoms with Crippen molar-refractivity contribution in [1.82, 2.24) is 0 Å². The van der Waals surface area contributed by atoms with Crippen LogP contribution >= 0.6 is 0 Å². The molecule has 0 spiro atoms. The molecular formula is C23H30NO3+. The highest BCUT2D eigenvalue weighted by atomic mass is 16.5. The number of piperidine rings is 1. The third kappa shape index (κ3) is 4.02. The number of carbonyl (C=O) groups is 1. The maximum absolute atomic E-state index is 13.2. The number of methoxy groups -OCH3 is 1. The Hall–Kier alpha value is -1.91. The summed E-state index contributed by atoms with van der Waals surface area (Å²) in [7, 11) is 1.67. The minimum Gasteiger partial charge on any atom is -0.497 e. The van der Waals surface area contributed by atoms with E-state index in [0.717, 1.165) is 67.2 Å². The van der Waals surface area contributed by atoms with Crippen molar-refractivity contribution in [2.45, 2.75) is 50.7 Å². The van der Waals surface area contributed by atoms with Gasteiger partial charge in [-0.25, -0.2) is 0 Å². The Bertz CT molecular complexity index is 810. The number of carbonyl (C=O) groups excluding carboxylic acids is 1. The highest BCUT2D eigenvalue weighted by Crippen LogP contribution is 2.24. The lowest BCUT2D eigenvalue weighted by atomic mass is 9.86. The van der Waals surface area contributed by atoms with Gasteiger partial charge in [-0.2, -0.15) is 0 Å². The van der Waals surface area contributed by atoms with Crippen molar-refractivity contribution in [3.05, 3.63) is 42.0 Å². The summed E-state index contributed by atoms with van der Waals surface area (Å²) in [5.74, 6) is 1.25. The van der Waals surface area contributed by atoms with Crippen LogP contribution in [0.15, 0.2) is 36.4 Å². The molecule has 4 rings (SSSR count). The smallest absolute Gasteiger partial charge is 0.171 e. The summed E-state index contributed by atoms with van der Waals surface area (Å²) in [6.07, 6.45) is 6.03. The number of nitrogens with one attached hydrogen (secondary N) is 1. The summed E-state index contributed by atoms with van der Waals surface area (Å²) in [6.45, 7) is 2.11. The van der Waals surface area contributed by atoms with E-state index in [1.807, 2.05) is 36.4 Å². The molecule has 2 aromatic carbocycles. The van der Waals surface area contributed by atoms with Gasteiger partial charge < -0.3 is 14.7 Å². The van der Waals surface area contributed by atoms with Crippen molar-refractivity contribution in [3.8, 4) is 5.75 Å². The summed E-state index contributed by atoms with van der Waals surface area (Å²) >= 11 is 0. The van der Waals surface area contributed by atoms with Crippen LogP contribution in [0, 0.1) is 5.92 Å². The molecule has 1 aliphatic heterocycles. The van der Waals surface area contributed by atoms with Crippen molar-refractivity contribution in [3.63, 3.8) is 0 Å². The van der Waals surface area contributed by atoms with Gasteiger partial charge in [-0.15, -0.1) is 0 Å². The van der Waals surface area contributed by atoms with Crippen molar-refractivity contribution >= 4 is 16.6 Å². The predicted molar refractivity (Wildman–Crippen MR) is 107 cm³/mol. The topological polar surface area (TPSA) is 51.0 Å². The molecule has 0 amide bonds. The number of Topliss-reactive ketones (excluding diaryl/α,β-unsaturated/α-hetero) is 1. The summed E-state index contributed by atoms with van der Waals surface area (Å²) in [5.41, 5.74) is 0.831. The van der Waals surface area contributed by atoms with E-state index in [4.69, 9.17) is 4.74 Å². The summed E-state index contributed by atoms with van der Waals surface area (Å²) in [4.78, 5) is 14.7. The second-order valence-corrected chi connectivity index (χ2v) is 8.25. The monoisotopic (exact) mass is 368 g/mol. The maximum Gasteiger partial charge on any atom is 0.171 e. The number of aliphatic hydroxyl groups is 1. The molecule has 1 saturated heterocycles. The quantitative estimate of drug-likeness (QED) is 0.816. The second-order valence-electron chi connectivity index (χ2n) is 8.25. The van der Waals surface area contributed by atoms with Gasteiger partial charge >= 0.3 is 0 Å². The lowest BCUT2D eigenvalue weighted by molar-refractivity contribution is -0.933. The van der Waals surface area contributed by atoms with Crippen LogP contribution in [-0.2, 0) is 0 Å². The molecule has 2 N–H and O–H groups in total. The van der Waals surface area contributed by atoms with Gasteiger partial charge in [-0.1, -0.05) is 18.2 Å². The van der Waals surface area contributed by atoms with E-state index in [9.17, 15) is 9.90 Å². The van der Waals surface area contributed by atoms with Gasteiger partial charge in [0, 0.05) is 18.4 Å². The molecule has 2 aromatic rings. The Morgan fingerprint density at radius 3 is 2.56 bits per heavy atom. The molecule has 0 aromatic heterocycles. The first-order chi connectivity index (χ1) is 13.1. The van der Waals surface area contributed by atoms with Crippen LogP contribution in [0.4, 0.5) is 0 Å². The molecule has 4 nitrogen and oxygen atoms in total. The number of ether oxygens (including phenoxy) is 1. The van der Waals surface area contributed by atoms with Crippen LogP contribution in [0.5, 0.6) is 5.75 Å². The van der Waals surface area contributed by atoms with Gasteiger partial charge in [0.15, 0.2) is 5.78 Å². The molecule has 2 fully saturated rings. The van der Waals surface area contributed by atoms with Crippen molar-refractivity contribution < 1.29 is 19.5 Å². The zero-order valence-corrected chi connectivity index (χ0v) is 16.1.